The van der Waals surface area contributed by atoms with E-state index in [1.165, 1.54) is 12.1 Å². The number of aromatic nitrogens is 3. The van der Waals surface area contributed by atoms with Crippen molar-refractivity contribution in [3.8, 4) is 23.0 Å². The molecule has 4 rings (SSSR count). The highest BCUT2D eigenvalue weighted by atomic mass is 19.1. The second-order valence-corrected chi connectivity index (χ2v) is 5.86. The van der Waals surface area contributed by atoms with Gasteiger partial charge in [-0.1, -0.05) is 17.3 Å². The molecule has 3 aromatic heterocycles. The van der Waals surface area contributed by atoms with Gasteiger partial charge < -0.3 is 15.0 Å². The summed E-state index contributed by atoms with van der Waals surface area (Å²) in [6, 6.07) is 14.9. The number of benzene rings is 1. The zero-order valence-electron chi connectivity index (χ0n) is 14.2. The molecule has 0 bridgehead atoms. The molecule has 134 valence electrons. The van der Waals surface area contributed by atoms with Crippen LogP contribution in [0.3, 0.4) is 0 Å². The van der Waals surface area contributed by atoms with Crippen molar-refractivity contribution in [2.75, 3.05) is 5.73 Å². The van der Waals surface area contributed by atoms with Gasteiger partial charge in [0, 0.05) is 37.0 Å². The third kappa shape index (κ3) is 3.92. The Morgan fingerprint density at radius 1 is 1.04 bits per heavy atom. The summed E-state index contributed by atoms with van der Waals surface area (Å²) in [7, 11) is 0. The van der Waals surface area contributed by atoms with Gasteiger partial charge >= 0.3 is 0 Å². The van der Waals surface area contributed by atoms with Gasteiger partial charge in [0.05, 0.1) is 11.3 Å². The smallest absolute Gasteiger partial charge is 0.219 e. The molecule has 0 aliphatic carbocycles. The molecule has 0 atom stereocenters. The van der Waals surface area contributed by atoms with Crippen molar-refractivity contribution in [1.29, 1.82) is 0 Å². The summed E-state index contributed by atoms with van der Waals surface area (Å²) in [6.07, 6.45) is 3.84. The first-order valence-corrected chi connectivity index (χ1v) is 8.22. The molecule has 0 amide bonds. The first kappa shape index (κ1) is 16.7. The molecular weight excluding hydrogens is 347 g/mol. The molecule has 0 aliphatic rings. The lowest BCUT2D eigenvalue weighted by atomic mass is 10.1. The van der Waals surface area contributed by atoms with Crippen molar-refractivity contribution in [3.63, 3.8) is 0 Å². The van der Waals surface area contributed by atoms with Crippen molar-refractivity contribution < 1.29 is 13.7 Å². The molecule has 0 unspecified atom stereocenters. The number of pyridine rings is 2. The fourth-order valence-electron chi connectivity index (χ4n) is 2.58. The highest BCUT2D eigenvalue weighted by Gasteiger charge is 2.11. The average molecular weight is 362 g/mol. The van der Waals surface area contributed by atoms with E-state index in [2.05, 4.69) is 15.1 Å². The Hall–Kier alpha value is -3.74. The van der Waals surface area contributed by atoms with Crippen molar-refractivity contribution >= 4 is 5.82 Å². The van der Waals surface area contributed by atoms with E-state index < -0.39 is 0 Å². The average Bonchev–Trinajstić information content (AvgIpc) is 3.12. The quantitative estimate of drug-likeness (QED) is 0.571. The van der Waals surface area contributed by atoms with E-state index in [4.69, 9.17) is 15.0 Å². The van der Waals surface area contributed by atoms with Crippen LogP contribution < -0.4 is 10.5 Å². The summed E-state index contributed by atoms with van der Waals surface area (Å²) in [5.41, 5.74) is 8.23. The van der Waals surface area contributed by atoms with E-state index in [9.17, 15) is 4.39 Å². The summed E-state index contributed by atoms with van der Waals surface area (Å²) >= 11 is 0. The lowest BCUT2D eigenvalue weighted by Crippen LogP contribution is -1.93. The topological polar surface area (TPSA) is 87.1 Å². The molecular formula is C20H15FN4O2. The lowest BCUT2D eigenvalue weighted by molar-refractivity contribution is 0.425. The highest BCUT2D eigenvalue weighted by molar-refractivity contribution is 5.69. The number of nitrogen functional groups attached to an aromatic ring is 1. The van der Waals surface area contributed by atoms with E-state index in [0.717, 1.165) is 11.3 Å². The minimum atomic E-state index is -0.361. The number of rotatable bonds is 5. The summed E-state index contributed by atoms with van der Waals surface area (Å²) in [5.74, 6) is 1.37. The van der Waals surface area contributed by atoms with Gasteiger partial charge in [-0.15, -0.1) is 0 Å². The largest absolute Gasteiger partial charge is 0.439 e. The number of anilines is 1. The third-order valence-electron chi connectivity index (χ3n) is 3.86. The first-order valence-electron chi connectivity index (χ1n) is 8.22. The Balaban J connectivity index is 1.45. The molecule has 0 saturated carbocycles. The van der Waals surface area contributed by atoms with Crippen LogP contribution in [0.1, 0.15) is 11.3 Å². The zero-order valence-corrected chi connectivity index (χ0v) is 14.2. The Kier molecular flexibility index (Phi) is 4.49. The first-order chi connectivity index (χ1) is 13.2. The molecule has 2 N–H and O–H groups in total. The SMILES string of the molecule is Nc1ncccc1-c1cc(Cc2ccc(Oc3cccc(F)c3)nc2)no1. The van der Waals surface area contributed by atoms with E-state index in [1.807, 2.05) is 18.2 Å². The van der Waals surface area contributed by atoms with Crippen LogP contribution in [-0.4, -0.2) is 15.1 Å². The summed E-state index contributed by atoms with van der Waals surface area (Å²) < 4.78 is 24.1. The minimum absolute atomic E-state index is 0.361. The predicted molar refractivity (Wildman–Crippen MR) is 97.7 cm³/mol. The Morgan fingerprint density at radius 2 is 1.96 bits per heavy atom. The lowest BCUT2D eigenvalue weighted by Gasteiger charge is -2.05. The zero-order chi connectivity index (χ0) is 18.6. The van der Waals surface area contributed by atoms with Gasteiger partial charge in [-0.05, 0) is 29.8 Å². The summed E-state index contributed by atoms with van der Waals surface area (Å²) in [5, 5.41) is 4.07. The number of nitrogens with two attached hydrogens (primary N) is 1. The third-order valence-corrected chi connectivity index (χ3v) is 3.86. The maximum atomic E-state index is 13.2. The molecule has 0 aliphatic heterocycles. The van der Waals surface area contributed by atoms with Crippen molar-refractivity contribution in [2.45, 2.75) is 6.42 Å². The predicted octanol–water partition coefficient (Wildman–Crippen LogP) is 4.24. The Bertz CT molecular complexity index is 1060. The van der Waals surface area contributed by atoms with Gasteiger partial charge in [-0.3, -0.25) is 0 Å². The van der Waals surface area contributed by atoms with Gasteiger partial charge in [0.1, 0.15) is 17.4 Å². The molecule has 1 aromatic carbocycles. The van der Waals surface area contributed by atoms with E-state index in [-0.39, 0.29) is 5.82 Å². The standard InChI is InChI=1S/C20H15FN4O2/c21-14-3-1-4-16(10-14)26-19-7-6-13(12-24-19)9-15-11-18(27-25-15)17-5-2-8-23-20(17)22/h1-8,10-12H,9H2,(H2,22,23). The monoisotopic (exact) mass is 362 g/mol. The second-order valence-electron chi connectivity index (χ2n) is 5.86. The molecule has 4 aromatic rings. The summed E-state index contributed by atoms with van der Waals surface area (Å²) in [6.45, 7) is 0. The fourth-order valence-corrected chi connectivity index (χ4v) is 2.58. The second kappa shape index (κ2) is 7.25. The molecule has 0 radical (unpaired) electrons. The number of hydrogen-bond acceptors (Lipinski definition) is 6. The van der Waals surface area contributed by atoms with Gasteiger partial charge in [0.25, 0.3) is 0 Å². The molecule has 0 saturated heterocycles. The van der Waals surface area contributed by atoms with Crippen molar-refractivity contribution in [3.05, 3.63) is 84.1 Å². The molecule has 0 fully saturated rings. The molecule has 6 nitrogen and oxygen atoms in total. The van der Waals surface area contributed by atoms with Crippen LogP contribution in [0.5, 0.6) is 11.6 Å². The molecule has 0 spiro atoms. The van der Waals surface area contributed by atoms with Crippen molar-refractivity contribution in [1.82, 2.24) is 15.1 Å². The maximum absolute atomic E-state index is 13.2. The van der Waals surface area contributed by atoms with Crippen LogP contribution in [0.4, 0.5) is 10.2 Å². The van der Waals surface area contributed by atoms with E-state index in [1.54, 1.807) is 36.7 Å². The normalized spacial score (nSPS) is 10.7. The van der Waals surface area contributed by atoms with Crippen molar-refractivity contribution in [2.24, 2.45) is 0 Å². The van der Waals surface area contributed by atoms with Crippen LogP contribution in [0, 0.1) is 5.82 Å². The van der Waals surface area contributed by atoms with Crippen LogP contribution in [-0.2, 0) is 6.42 Å². The van der Waals surface area contributed by atoms with Crippen LogP contribution in [0.25, 0.3) is 11.3 Å². The van der Waals surface area contributed by atoms with Gasteiger partial charge in [-0.25, -0.2) is 14.4 Å². The highest BCUT2D eigenvalue weighted by Crippen LogP contribution is 2.25. The summed E-state index contributed by atoms with van der Waals surface area (Å²) in [4.78, 5) is 8.29. The molecule has 7 heteroatoms. The number of ether oxygens (including phenoxy) is 1. The number of halogens is 1. The fraction of sp³-hybridized carbons (Fsp3) is 0.0500. The van der Waals surface area contributed by atoms with Crippen LogP contribution >= 0.6 is 0 Å². The number of nitrogens with zero attached hydrogens (tertiary/aromatic N) is 3. The van der Waals surface area contributed by atoms with Gasteiger partial charge in [0.2, 0.25) is 5.88 Å². The van der Waals surface area contributed by atoms with E-state index >= 15 is 0 Å². The van der Waals surface area contributed by atoms with Crippen LogP contribution in [0.2, 0.25) is 0 Å². The van der Waals surface area contributed by atoms with Gasteiger partial charge in [0.15, 0.2) is 5.76 Å². The molecule has 3 heterocycles. The minimum Gasteiger partial charge on any atom is -0.439 e. The van der Waals surface area contributed by atoms with Gasteiger partial charge in [-0.2, -0.15) is 0 Å². The molecule has 27 heavy (non-hydrogen) atoms. The van der Waals surface area contributed by atoms with E-state index in [0.29, 0.717) is 35.2 Å². The Labute approximate surface area is 154 Å². The van der Waals surface area contributed by atoms with Crippen LogP contribution in [0.15, 0.2) is 71.5 Å². The number of hydrogen-bond donors (Lipinski definition) is 1. The Morgan fingerprint density at radius 3 is 2.74 bits per heavy atom. The maximum Gasteiger partial charge on any atom is 0.219 e.